The van der Waals surface area contributed by atoms with Crippen molar-refractivity contribution < 1.29 is 4.74 Å². The minimum absolute atomic E-state index is 0.490. The highest BCUT2D eigenvalue weighted by atomic mass is 16.5. The quantitative estimate of drug-likeness (QED) is 0.736. The number of ether oxygens (including phenoxy) is 1. The molecule has 0 bridgehead atoms. The molecule has 0 fully saturated rings. The molecular formula is C14H23NO. The van der Waals surface area contributed by atoms with E-state index in [1.807, 2.05) is 6.26 Å². The Bertz CT molecular complexity index is 280. The standard InChI is InChI=1S/C14H23NO/c1-15-14(13-8-5-9-16-11-13)10-12-6-3-2-4-7-12/h6,11,14-15H,2-5,7-10H2,1H3. The number of likely N-dealkylation sites (N-methyl/N-ethyl adjacent to an activating group) is 1. The zero-order valence-corrected chi connectivity index (χ0v) is 10.3. The molecule has 0 aromatic rings. The Morgan fingerprint density at radius 1 is 1.31 bits per heavy atom. The first-order valence-electron chi connectivity index (χ1n) is 6.56. The van der Waals surface area contributed by atoms with Gasteiger partial charge in [0, 0.05) is 6.04 Å². The second kappa shape index (κ2) is 6.09. The van der Waals surface area contributed by atoms with Crippen LogP contribution in [0.2, 0.25) is 0 Å². The highest BCUT2D eigenvalue weighted by Crippen LogP contribution is 2.25. The van der Waals surface area contributed by atoms with Crippen molar-refractivity contribution in [2.24, 2.45) is 0 Å². The Morgan fingerprint density at radius 2 is 2.25 bits per heavy atom. The number of nitrogens with one attached hydrogen (secondary N) is 1. The third-order valence-corrected chi connectivity index (χ3v) is 3.61. The molecular weight excluding hydrogens is 198 g/mol. The van der Waals surface area contributed by atoms with E-state index in [1.54, 1.807) is 5.57 Å². The predicted molar refractivity (Wildman–Crippen MR) is 67.3 cm³/mol. The number of allylic oxidation sites excluding steroid dienone is 1. The largest absolute Gasteiger partial charge is 0.501 e. The molecule has 0 spiro atoms. The van der Waals surface area contributed by atoms with Crippen LogP contribution in [0, 0.1) is 0 Å². The van der Waals surface area contributed by atoms with E-state index in [0.717, 1.165) is 6.61 Å². The van der Waals surface area contributed by atoms with Gasteiger partial charge in [0.05, 0.1) is 12.9 Å². The van der Waals surface area contributed by atoms with Crippen molar-refractivity contribution in [3.8, 4) is 0 Å². The Balaban J connectivity index is 1.93. The fourth-order valence-electron chi connectivity index (χ4n) is 2.61. The lowest BCUT2D eigenvalue weighted by Crippen LogP contribution is -2.29. The van der Waals surface area contributed by atoms with Crippen LogP contribution in [0.5, 0.6) is 0 Å². The molecule has 0 aromatic carbocycles. The van der Waals surface area contributed by atoms with Crippen LogP contribution in [0.1, 0.15) is 44.9 Å². The van der Waals surface area contributed by atoms with E-state index in [2.05, 4.69) is 18.4 Å². The van der Waals surface area contributed by atoms with Gasteiger partial charge >= 0.3 is 0 Å². The van der Waals surface area contributed by atoms with Gasteiger partial charge in [0.15, 0.2) is 0 Å². The van der Waals surface area contributed by atoms with Crippen LogP contribution in [-0.2, 0) is 4.74 Å². The van der Waals surface area contributed by atoms with Gasteiger partial charge in [-0.3, -0.25) is 0 Å². The normalized spacial score (nSPS) is 23.1. The van der Waals surface area contributed by atoms with Gasteiger partial charge in [0.2, 0.25) is 0 Å². The molecule has 0 aromatic heterocycles. The SMILES string of the molecule is CNC(CC1=CCCCC1)C1=COCCC1. The summed E-state index contributed by atoms with van der Waals surface area (Å²) in [7, 11) is 2.06. The van der Waals surface area contributed by atoms with Crippen molar-refractivity contribution in [3.63, 3.8) is 0 Å². The average Bonchev–Trinajstić information content (AvgIpc) is 2.38. The van der Waals surface area contributed by atoms with E-state index >= 15 is 0 Å². The Morgan fingerprint density at radius 3 is 2.88 bits per heavy atom. The monoisotopic (exact) mass is 221 g/mol. The molecule has 2 aliphatic rings. The Hall–Kier alpha value is -0.760. The topological polar surface area (TPSA) is 21.3 Å². The van der Waals surface area contributed by atoms with Crippen molar-refractivity contribution in [3.05, 3.63) is 23.5 Å². The Kier molecular flexibility index (Phi) is 4.46. The molecule has 2 rings (SSSR count). The zero-order chi connectivity index (χ0) is 11.2. The third kappa shape index (κ3) is 3.11. The van der Waals surface area contributed by atoms with Crippen molar-refractivity contribution >= 4 is 0 Å². The molecule has 0 saturated heterocycles. The van der Waals surface area contributed by atoms with E-state index < -0.39 is 0 Å². The molecule has 1 unspecified atom stereocenters. The van der Waals surface area contributed by atoms with Crippen LogP contribution >= 0.6 is 0 Å². The molecule has 2 heteroatoms. The minimum Gasteiger partial charge on any atom is -0.501 e. The van der Waals surface area contributed by atoms with Crippen LogP contribution in [0.4, 0.5) is 0 Å². The molecule has 1 atom stereocenters. The second-order valence-electron chi connectivity index (χ2n) is 4.82. The molecule has 1 aliphatic heterocycles. The van der Waals surface area contributed by atoms with Gasteiger partial charge < -0.3 is 10.1 Å². The highest BCUT2D eigenvalue weighted by molar-refractivity contribution is 5.17. The maximum absolute atomic E-state index is 5.43. The lowest BCUT2D eigenvalue weighted by Gasteiger charge is -2.25. The van der Waals surface area contributed by atoms with Crippen molar-refractivity contribution in [2.75, 3.05) is 13.7 Å². The summed E-state index contributed by atoms with van der Waals surface area (Å²) >= 11 is 0. The molecule has 1 N–H and O–H groups in total. The van der Waals surface area contributed by atoms with E-state index in [1.165, 1.54) is 50.5 Å². The highest BCUT2D eigenvalue weighted by Gasteiger charge is 2.17. The summed E-state index contributed by atoms with van der Waals surface area (Å²) in [4.78, 5) is 0. The first-order valence-corrected chi connectivity index (χ1v) is 6.56. The van der Waals surface area contributed by atoms with Gasteiger partial charge in [-0.2, -0.15) is 0 Å². The summed E-state index contributed by atoms with van der Waals surface area (Å²) in [5, 5.41) is 3.43. The van der Waals surface area contributed by atoms with E-state index in [0.29, 0.717) is 6.04 Å². The van der Waals surface area contributed by atoms with Crippen molar-refractivity contribution in [1.29, 1.82) is 0 Å². The summed E-state index contributed by atoms with van der Waals surface area (Å²) in [5.74, 6) is 0. The van der Waals surface area contributed by atoms with Crippen molar-refractivity contribution in [1.82, 2.24) is 5.32 Å². The molecule has 16 heavy (non-hydrogen) atoms. The zero-order valence-electron chi connectivity index (χ0n) is 10.3. The van der Waals surface area contributed by atoms with E-state index in [-0.39, 0.29) is 0 Å². The van der Waals surface area contributed by atoms with Gasteiger partial charge in [-0.1, -0.05) is 11.6 Å². The van der Waals surface area contributed by atoms with Crippen LogP contribution in [0.3, 0.4) is 0 Å². The van der Waals surface area contributed by atoms with E-state index in [9.17, 15) is 0 Å². The smallest absolute Gasteiger partial charge is 0.0876 e. The van der Waals surface area contributed by atoms with E-state index in [4.69, 9.17) is 4.74 Å². The van der Waals surface area contributed by atoms with Crippen molar-refractivity contribution in [2.45, 2.75) is 51.0 Å². The second-order valence-corrected chi connectivity index (χ2v) is 4.82. The van der Waals surface area contributed by atoms with Gasteiger partial charge in [-0.25, -0.2) is 0 Å². The van der Waals surface area contributed by atoms with Gasteiger partial charge in [-0.15, -0.1) is 0 Å². The summed E-state index contributed by atoms with van der Waals surface area (Å²) in [6.07, 6.45) is 13.3. The number of hydrogen-bond donors (Lipinski definition) is 1. The summed E-state index contributed by atoms with van der Waals surface area (Å²) in [6.45, 7) is 0.891. The summed E-state index contributed by atoms with van der Waals surface area (Å²) in [5.41, 5.74) is 3.08. The maximum atomic E-state index is 5.43. The number of hydrogen-bond acceptors (Lipinski definition) is 2. The third-order valence-electron chi connectivity index (χ3n) is 3.61. The first kappa shape index (κ1) is 11.7. The van der Waals surface area contributed by atoms with Crippen LogP contribution < -0.4 is 5.32 Å². The van der Waals surface area contributed by atoms with Crippen LogP contribution in [-0.4, -0.2) is 19.7 Å². The summed E-state index contributed by atoms with van der Waals surface area (Å²) < 4.78 is 5.43. The van der Waals surface area contributed by atoms with Gasteiger partial charge in [-0.05, 0) is 57.6 Å². The summed E-state index contributed by atoms with van der Waals surface area (Å²) in [6, 6.07) is 0.490. The van der Waals surface area contributed by atoms with Gasteiger partial charge in [0.25, 0.3) is 0 Å². The first-order chi connectivity index (χ1) is 7.90. The number of rotatable bonds is 4. The lowest BCUT2D eigenvalue weighted by molar-refractivity contribution is 0.219. The van der Waals surface area contributed by atoms with Gasteiger partial charge in [0.1, 0.15) is 0 Å². The molecule has 0 amide bonds. The molecule has 1 aliphatic carbocycles. The molecule has 1 heterocycles. The Labute approximate surface area is 98.8 Å². The molecule has 90 valence electrons. The lowest BCUT2D eigenvalue weighted by atomic mass is 9.90. The average molecular weight is 221 g/mol. The molecule has 2 nitrogen and oxygen atoms in total. The minimum atomic E-state index is 0.490. The molecule has 0 saturated carbocycles. The fourth-order valence-corrected chi connectivity index (χ4v) is 2.61. The van der Waals surface area contributed by atoms with Crippen LogP contribution in [0.15, 0.2) is 23.5 Å². The van der Waals surface area contributed by atoms with Crippen LogP contribution in [0.25, 0.3) is 0 Å². The predicted octanol–water partition coefficient (Wildman–Crippen LogP) is 3.16. The maximum Gasteiger partial charge on any atom is 0.0876 e. The molecule has 0 radical (unpaired) electrons. The fraction of sp³-hybridized carbons (Fsp3) is 0.714.